The van der Waals surface area contributed by atoms with Gasteiger partial charge in [-0.3, -0.25) is 0 Å². The molecule has 3 aromatic rings. The maximum Gasteiger partial charge on any atom is 1.00 e. The van der Waals surface area contributed by atoms with Gasteiger partial charge in [0.05, 0.1) is 14.9 Å². The van der Waals surface area contributed by atoms with E-state index in [-0.39, 0.29) is 56.7 Å². The second kappa shape index (κ2) is 8.22. The van der Waals surface area contributed by atoms with Crippen LogP contribution in [0.15, 0.2) is 63.7 Å². The third kappa shape index (κ3) is 4.37. The number of phenolic OH excluding ortho intramolecular Hbond substituents is 1. The van der Waals surface area contributed by atoms with Crippen molar-refractivity contribution in [2.45, 2.75) is 4.90 Å². The molecule has 0 saturated carbocycles. The molecule has 6 nitrogen and oxygen atoms in total. The summed E-state index contributed by atoms with van der Waals surface area (Å²) >= 11 is 11.6. The number of nitrogens with zero attached hydrogens (tertiary/aromatic N) is 2. The fraction of sp³-hybridized carbons (Fsp3) is 0. The molecule has 0 radical (unpaired) electrons. The van der Waals surface area contributed by atoms with Gasteiger partial charge in [0.25, 0.3) is 0 Å². The summed E-state index contributed by atoms with van der Waals surface area (Å²) in [5.74, 6) is -0.144. The summed E-state index contributed by atoms with van der Waals surface area (Å²) in [6.45, 7) is 0. The number of aromatic hydroxyl groups is 1. The molecule has 26 heavy (non-hydrogen) atoms. The van der Waals surface area contributed by atoms with Gasteiger partial charge in [-0.2, -0.15) is 0 Å². The molecule has 10 heteroatoms. The first-order valence-electron chi connectivity index (χ1n) is 6.85. The van der Waals surface area contributed by atoms with Gasteiger partial charge in [0.2, 0.25) is 0 Å². The van der Waals surface area contributed by atoms with Gasteiger partial charge in [0.1, 0.15) is 27.2 Å². The zero-order valence-electron chi connectivity index (χ0n) is 13.3. The third-order valence-corrected chi connectivity index (χ3v) is 5.00. The Balaban J connectivity index is 0.00000243. The second-order valence-electron chi connectivity index (χ2n) is 5.04. The Morgan fingerprint density at radius 2 is 1.62 bits per heavy atom. The summed E-state index contributed by atoms with van der Waals surface area (Å²) in [7, 11) is -4.84. The first-order chi connectivity index (χ1) is 11.8. The first kappa shape index (κ1) is 21.1. The predicted molar refractivity (Wildman–Crippen MR) is 94.2 cm³/mol. The van der Waals surface area contributed by atoms with Gasteiger partial charge in [-0.15, -0.1) is 10.2 Å². The maximum absolute atomic E-state index is 11.4. The molecule has 0 saturated heterocycles. The van der Waals surface area contributed by atoms with E-state index in [9.17, 15) is 18.1 Å². The molecule has 0 fully saturated rings. The molecule has 0 bridgehead atoms. The number of azo groups is 1. The molecule has 0 aromatic heterocycles. The van der Waals surface area contributed by atoms with Crippen molar-refractivity contribution >= 4 is 55.5 Å². The van der Waals surface area contributed by atoms with E-state index in [0.717, 1.165) is 17.5 Å². The zero-order chi connectivity index (χ0) is 18.2. The number of hydrogen-bond acceptors (Lipinski definition) is 6. The van der Waals surface area contributed by atoms with E-state index >= 15 is 0 Å². The van der Waals surface area contributed by atoms with Crippen molar-refractivity contribution in [3.8, 4) is 5.75 Å². The van der Waals surface area contributed by atoms with Crippen LogP contribution >= 0.6 is 23.2 Å². The molecule has 1 N–H and O–H groups in total. The van der Waals surface area contributed by atoms with E-state index in [1.54, 1.807) is 18.2 Å². The van der Waals surface area contributed by atoms with Crippen LogP contribution in [0.3, 0.4) is 0 Å². The third-order valence-electron chi connectivity index (χ3n) is 3.41. The van der Waals surface area contributed by atoms with Crippen molar-refractivity contribution in [3.05, 3.63) is 58.6 Å². The quantitative estimate of drug-likeness (QED) is 0.399. The molecule has 128 valence electrons. The topological polar surface area (TPSA) is 102 Å². The fourth-order valence-electron chi connectivity index (χ4n) is 2.25. The Morgan fingerprint density at radius 1 is 0.962 bits per heavy atom. The summed E-state index contributed by atoms with van der Waals surface area (Å²) < 4.78 is 34.2. The van der Waals surface area contributed by atoms with Crippen molar-refractivity contribution in [1.82, 2.24) is 0 Å². The molecule has 0 heterocycles. The number of benzene rings is 3. The van der Waals surface area contributed by atoms with Crippen molar-refractivity contribution in [1.29, 1.82) is 0 Å². The van der Waals surface area contributed by atoms with Crippen molar-refractivity contribution in [3.63, 3.8) is 0 Å². The summed E-state index contributed by atoms with van der Waals surface area (Å²) in [6, 6.07) is 12.3. The molecule has 0 amide bonds. The van der Waals surface area contributed by atoms with Crippen LogP contribution in [0, 0.1) is 0 Å². The molecule has 0 spiro atoms. The minimum atomic E-state index is -4.84. The molecular formula is C16H9Cl2N2NaO4S. The molecular weight excluding hydrogens is 410 g/mol. The van der Waals surface area contributed by atoms with Crippen molar-refractivity contribution < 1.29 is 47.6 Å². The van der Waals surface area contributed by atoms with E-state index in [1.165, 1.54) is 6.07 Å². The number of fused-ring (bicyclic) bond motifs is 1. The van der Waals surface area contributed by atoms with E-state index in [2.05, 4.69) is 10.2 Å². The van der Waals surface area contributed by atoms with E-state index < -0.39 is 15.0 Å². The molecule has 0 unspecified atom stereocenters. The largest absolute Gasteiger partial charge is 1.00 e. The van der Waals surface area contributed by atoms with Crippen molar-refractivity contribution in [2.75, 3.05) is 0 Å². The summed E-state index contributed by atoms with van der Waals surface area (Å²) in [5.41, 5.74) is -0.129. The Bertz CT molecular complexity index is 1120. The van der Waals surface area contributed by atoms with Crippen LogP contribution in [-0.4, -0.2) is 18.1 Å². The summed E-state index contributed by atoms with van der Waals surface area (Å²) in [5, 5.41) is 19.1. The van der Waals surface area contributed by atoms with E-state index in [0.29, 0.717) is 5.39 Å². The minimum Gasteiger partial charge on any atom is -0.744 e. The molecule has 3 rings (SSSR count). The Labute approximate surface area is 181 Å². The van der Waals surface area contributed by atoms with Crippen molar-refractivity contribution in [2.24, 2.45) is 10.2 Å². The summed E-state index contributed by atoms with van der Waals surface area (Å²) in [6.07, 6.45) is 0. The monoisotopic (exact) mass is 418 g/mol. The average Bonchev–Trinajstić information content (AvgIpc) is 2.55. The van der Waals surface area contributed by atoms with Crippen LogP contribution in [0.2, 0.25) is 10.0 Å². The smallest absolute Gasteiger partial charge is 0.744 e. The van der Waals surface area contributed by atoms with Gasteiger partial charge in [0, 0.05) is 5.39 Å². The normalized spacial score (nSPS) is 11.7. The van der Waals surface area contributed by atoms with Gasteiger partial charge in [-0.1, -0.05) is 53.5 Å². The first-order valence-corrected chi connectivity index (χ1v) is 9.01. The molecule has 3 aromatic carbocycles. The Morgan fingerprint density at radius 3 is 2.31 bits per heavy atom. The Hall–Kier alpha value is -1.19. The SMILES string of the molecule is O=S(=O)([O-])c1cc(Cl)c(Cl)cc1/N=N/c1c(O)ccc2ccccc12.[Na+]. The van der Waals surface area contributed by atoms with Crippen LogP contribution in [0.25, 0.3) is 10.8 Å². The van der Waals surface area contributed by atoms with Crippen LogP contribution in [0.4, 0.5) is 11.4 Å². The van der Waals surface area contributed by atoms with E-state index in [1.807, 2.05) is 12.1 Å². The number of hydrogen-bond donors (Lipinski definition) is 1. The van der Waals surface area contributed by atoms with Gasteiger partial charge in [-0.05, 0) is 23.6 Å². The molecule has 0 atom stereocenters. The van der Waals surface area contributed by atoms with Gasteiger partial charge < -0.3 is 9.66 Å². The van der Waals surface area contributed by atoms with Crippen LogP contribution in [0.1, 0.15) is 0 Å². The van der Waals surface area contributed by atoms with Gasteiger partial charge in [0.15, 0.2) is 0 Å². The number of rotatable bonds is 3. The Kier molecular flexibility index (Phi) is 6.68. The molecule has 0 aliphatic carbocycles. The van der Waals surface area contributed by atoms with Crippen LogP contribution in [0.5, 0.6) is 5.75 Å². The predicted octanol–water partition coefficient (Wildman–Crippen LogP) is 2.18. The standard InChI is InChI=1S/C16H10Cl2N2O4S.Na/c17-11-7-13(15(8-12(11)18)25(22,23)24)19-20-16-10-4-2-1-3-9(10)5-6-14(16)21;/h1-8,21H,(H,22,23,24);/q;+1/p-1/b20-19+;. The average molecular weight is 419 g/mol. The summed E-state index contributed by atoms with van der Waals surface area (Å²) in [4.78, 5) is -0.648. The van der Waals surface area contributed by atoms with Gasteiger partial charge >= 0.3 is 29.6 Å². The number of phenols is 1. The number of halogens is 2. The van der Waals surface area contributed by atoms with Gasteiger partial charge in [-0.25, -0.2) is 8.42 Å². The molecule has 0 aliphatic rings. The van der Waals surface area contributed by atoms with E-state index in [4.69, 9.17) is 23.2 Å². The second-order valence-corrected chi connectivity index (χ2v) is 7.21. The van der Waals surface area contributed by atoms with Crippen LogP contribution in [-0.2, 0) is 10.1 Å². The van der Waals surface area contributed by atoms with Crippen LogP contribution < -0.4 is 29.6 Å². The zero-order valence-corrected chi connectivity index (χ0v) is 17.7. The molecule has 0 aliphatic heterocycles. The minimum absolute atomic E-state index is 0. The fourth-order valence-corrected chi connectivity index (χ4v) is 3.25. The maximum atomic E-state index is 11.4.